The maximum atomic E-state index is 12.7. The first kappa shape index (κ1) is 16.8. The van der Waals surface area contributed by atoms with Crippen molar-refractivity contribution in [1.82, 2.24) is 0 Å². The van der Waals surface area contributed by atoms with Gasteiger partial charge in [-0.15, -0.1) is 0 Å². The van der Waals surface area contributed by atoms with Gasteiger partial charge >= 0.3 is 0 Å². The zero-order valence-corrected chi connectivity index (χ0v) is 14.9. The number of carbonyl (C=O) groups is 1. The van der Waals surface area contributed by atoms with E-state index < -0.39 is 0 Å². The highest BCUT2D eigenvalue weighted by Crippen LogP contribution is 2.25. The van der Waals surface area contributed by atoms with Crippen molar-refractivity contribution >= 4 is 33.5 Å². The van der Waals surface area contributed by atoms with Crippen molar-refractivity contribution in [1.29, 1.82) is 0 Å². The molecule has 0 bridgehead atoms. The van der Waals surface area contributed by atoms with E-state index in [0.717, 1.165) is 5.56 Å². The molecule has 5 nitrogen and oxygen atoms in total. The summed E-state index contributed by atoms with van der Waals surface area (Å²) < 4.78 is 11.2. The van der Waals surface area contributed by atoms with Crippen LogP contribution in [0.25, 0.3) is 21.9 Å². The van der Waals surface area contributed by atoms with Gasteiger partial charge in [0.1, 0.15) is 16.9 Å². The highest BCUT2D eigenvalue weighted by Gasteiger charge is 2.14. The van der Waals surface area contributed by atoms with Gasteiger partial charge in [-0.05, 0) is 42.8 Å². The molecule has 5 heteroatoms. The number of anilines is 1. The van der Waals surface area contributed by atoms with E-state index in [-0.39, 0.29) is 11.3 Å². The van der Waals surface area contributed by atoms with Crippen LogP contribution in [0.5, 0.6) is 5.75 Å². The summed E-state index contributed by atoms with van der Waals surface area (Å²) >= 11 is 0. The van der Waals surface area contributed by atoms with Crippen LogP contribution in [0.15, 0.2) is 69.9 Å². The van der Waals surface area contributed by atoms with E-state index in [9.17, 15) is 9.59 Å². The van der Waals surface area contributed by atoms with Gasteiger partial charge in [-0.1, -0.05) is 24.3 Å². The normalized spacial score (nSPS) is 10.9. The summed E-state index contributed by atoms with van der Waals surface area (Å²) in [6, 6.07) is 17.5. The molecule has 0 fully saturated rings. The van der Waals surface area contributed by atoms with Gasteiger partial charge < -0.3 is 14.5 Å². The Morgan fingerprint density at radius 2 is 1.81 bits per heavy atom. The monoisotopic (exact) mass is 359 g/mol. The summed E-state index contributed by atoms with van der Waals surface area (Å²) in [7, 11) is 1.52. The highest BCUT2D eigenvalue weighted by atomic mass is 16.5. The number of methoxy groups -OCH3 is 1. The average Bonchev–Trinajstić information content (AvgIpc) is 2.69. The first-order valence-electron chi connectivity index (χ1n) is 8.49. The van der Waals surface area contributed by atoms with E-state index in [0.29, 0.717) is 38.9 Å². The van der Waals surface area contributed by atoms with Crippen molar-refractivity contribution in [3.8, 4) is 5.75 Å². The maximum absolute atomic E-state index is 12.7. The Hall–Kier alpha value is -3.60. The molecule has 1 heterocycles. The molecule has 0 saturated heterocycles. The second kappa shape index (κ2) is 6.61. The lowest BCUT2D eigenvalue weighted by Crippen LogP contribution is -2.13. The summed E-state index contributed by atoms with van der Waals surface area (Å²) in [6.07, 6.45) is 0. The van der Waals surface area contributed by atoms with E-state index in [1.807, 2.05) is 19.1 Å². The van der Waals surface area contributed by atoms with Crippen molar-refractivity contribution in [2.45, 2.75) is 6.92 Å². The van der Waals surface area contributed by atoms with Gasteiger partial charge in [0.2, 0.25) is 5.43 Å². The smallest absolute Gasteiger partial charge is 0.259 e. The lowest BCUT2D eigenvalue weighted by Gasteiger charge is -2.10. The van der Waals surface area contributed by atoms with Crippen molar-refractivity contribution < 1.29 is 13.9 Å². The molecule has 3 aromatic carbocycles. The molecule has 0 aliphatic heterocycles. The zero-order chi connectivity index (χ0) is 19.0. The van der Waals surface area contributed by atoms with Gasteiger partial charge in [0.15, 0.2) is 0 Å². The predicted molar refractivity (Wildman–Crippen MR) is 106 cm³/mol. The molecule has 0 aliphatic carbocycles. The molecule has 0 atom stereocenters. The molecular weight excluding hydrogens is 342 g/mol. The molecule has 0 saturated carbocycles. The second-order valence-electron chi connectivity index (χ2n) is 6.25. The van der Waals surface area contributed by atoms with Crippen LogP contribution in [0.3, 0.4) is 0 Å². The van der Waals surface area contributed by atoms with Crippen LogP contribution in [0.2, 0.25) is 0 Å². The Kier molecular flexibility index (Phi) is 4.12. The molecule has 1 aromatic heterocycles. The molecule has 0 unspecified atom stereocenters. The quantitative estimate of drug-likeness (QED) is 0.546. The first-order chi connectivity index (χ1) is 13.1. The summed E-state index contributed by atoms with van der Waals surface area (Å²) in [5.74, 6) is 0.190. The molecule has 4 rings (SSSR count). The van der Waals surface area contributed by atoms with E-state index in [1.165, 1.54) is 7.11 Å². The fourth-order valence-electron chi connectivity index (χ4n) is 3.12. The lowest BCUT2D eigenvalue weighted by molar-refractivity contribution is 0.102. The van der Waals surface area contributed by atoms with Gasteiger partial charge in [0, 0.05) is 11.8 Å². The third-order valence-corrected chi connectivity index (χ3v) is 4.50. The Balaban J connectivity index is 1.77. The van der Waals surface area contributed by atoms with E-state index in [1.54, 1.807) is 48.5 Å². The number of carbonyl (C=O) groups excluding carboxylic acids is 1. The number of hydrogen-bond acceptors (Lipinski definition) is 4. The molecule has 1 N–H and O–H groups in total. The average molecular weight is 359 g/mol. The van der Waals surface area contributed by atoms with Crippen LogP contribution in [-0.4, -0.2) is 13.0 Å². The zero-order valence-electron chi connectivity index (χ0n) is 14.9. The van der Waals surface area contributed by atoms with Crippen LogP contribution < -0.4 is 15.5 Å². The minimum atomic E-state index is -0.300. The van der Waals surface area contributed by atoms with E-state index in [4.69, 9.17) is 9.15 Å². The highest BCUT2D eigenvalue weighted by molar-refractivity contribution is 6.07. The standard InChI is InChI=1S/C22H17NO4/c1-13-6-5-8-17-20(24)15-11-10-14(12-19(15)27-21(13)17)23-22(25)16-7-3-4-9-18(16)26-2/h3-12H,1-2H3,(H,23,25). The summed E-state index contributed by atoms with van der Waals surface area (Å²) in [6.45, 7) is 1.89. The van der Waals surface area contributed by atoms with Gasteiger partial charge in [-0.2, -0.15) is 0 Å². The number of para-hydroxylation sites is 2. The van der Waals surface area contributed by atoms with Crippen molar-refractivity contribution in [2.24, 2.45) is 0 Å². The third-order valence-electron chi connectivity index (χ3n) is 4.50. The molecule has 4 aromatic rings. The second-order valence-corrected chi connectivity index (χ2v) is 6.25. The Morgan fingerprint density at radius 1 is 1.00 bits per heavy atom. The summed E-state index contributed by atoms with van der Waals surface area (Å²) in [4.78, 5) is 25.3. The number of nitrogens with one attached hydrogen (secondary N) is 1. The van der Waals surface area contributed by atoms with Gasteiger partial charge in [0.05, 0.1) is 23.4 Å². The molecule has 134 valence electrons. The van der Waals surface area contributed by atoms with Crippen molar-refractivity contribution in [3.05, 3.63) is 82.0 Å². The number of benzene rings is 3. The predicted octanol–water partition coefficient (Wildman–Crippen LogP) is 4.52. The summed E-state index contributed by atoms with van der Waals surface area (Å²) in [5, 5.41) is 3.85. The van der Waals surface area contributed by atoms with Crippen LogP contribution in [-0.2, 0) is 0 Å². The number of amides is 1. The Morgan fingerprint density at radius 3 is 2.63 bits per heavy atom. The number of hydrogen-bond donors (Lipinski definition) is 1. The molecule has 0 spiro atoms. The fraction of sp³-hybridized carbons (Fsp3) is 0.0909. The van der Waals surface area contributed by atoms with Crippen LogP contribution in [0.4, 0.5) is 5.69 Å². The Labute approximate surface area is 155 Å². The Bertz CT molecular complexity index is 1240. The van der Waals surface area contributed by atoms with Crippen LogP contribution >= 0.6 is 0 Å². The minimum Gasteiger partial charge on any atom is -0.496 e. The fourth-order valence-corrected chi connectivity index (χ4v) is 3.12. The largest absolute Gasteiger partial charge is 0.496 e. The van der Waals surface area contributed by atoms with Crippen molar-refractivity contribution in [2.75, 3.05) is 12.4 Å². The number of rotatable bonds is 3. The molecule has 1 amide bonds. The summed E-state index contributed by atoms with van der Waals surface area (Å²) in [5.41, 5.74) is 2.75. The number of fused-ring (bicyclic) bond motifs is 2. The van der Waals surface area contributed by atoms with E-state index >= 15 is 0 Å². The topological polar surface area (TPSA) is 68.5 Å². The van der Waals surface area contributed by atoms with Crippen LogP contribution in [0, 0.1) is 6.92 Å². The minimum absolute atomic E-state index is 0.0856. The molecule has 0 aliphatic rings. The molecule has 0 radical (unpaired) electrons. The first-order valence-corrected chi connectivity index (χ1v) is 8.49. The van der Waals surface area contributed by atoms with Crippen LogP contribution in [0.1, 0.15) is 15.9 Å². The SMILES string of the molecule is COc1ccccc1C(=O)Nc1ccc2c(=O)c3cccc(C)c3oc2c1. The maximum Gasteiger partial charge on any atom is 0.259 e. The van der Waals surface area contributed by atoms with Gasteiger partial charge in [-0.25, -0.2) is 0 Å². The lowest BCUT2D eigenvalue weighted by atomic mass is 10.1. The van der Waals surface area contributed by atoms with E-state index in [2.05, 4.69) is 5.32 Å². The molecule has 27 heavy (non-hydrogen) atoms. The van der Waals surface area contributed by atoms with Gasteiger partial charge in [0.25, 0.3) is 5.91 Å². The van der Waals surface area contributed by atoms with Crippen molar-refractivity contribution in [3.63, 3.8) is 0 Å². The van der Waals surface area contributed by atoms with Gasteiger partial charge in [-0.3, -0.25) is 9.59 Å². The number of aryl methyl sites for hydroxylation is 1. The third kappa shape index (κ3) is 2.93. The number of ether oxygens (including phenoxy) is 1. The molecular formula is C22H17NO4.